The van der Waals surface area contributed by atoms with Crippen molar-refractivity contribution in [2.24, 2.45) is 0 Å². The molecule has 0 heterocycles. The van der Waals surface area contributed by atoms with Gasteiger partial charge in [0.05, 0.1) is 0 Å². The lowest BCUT2D eigenvalue weighted by Gasteiger charge is -2.18. The summed E-state index contributed by atoms with van der Waals surface area (Å²) in [5.74, 6) is -0.932. The summed E-state index contributed by atoms with van der Waals surface area (Å²) >= 11 is 0. The maximum atomic E-state index is 12.7. The molecule has 1 atom stereocenters. The van der Waals surface area contributed by atoms with E-state index in [-0.39, 0.29) is 31.1 Å². The predicted octanol–water partition coefficient (Wildman–Crippen LogP) is 16.3. The molecule has 0 aromatic rings. The van der Waals surface area contributed by atoms with E-state index in [0.29, 0.717) is 19.3 Å². The number of carbonyl (C=O) groups excluding carboxylic acids is 3. The third-order valence-corrected chi connectivity index (χ3v) is 10.4. The van der Waals surface area contributed by atoms with Crippen LogP contribution in [0.15, 0.2) is 72.9 Å². The number of hydrogen-bond donors (Lipinski definition) is 0. The van der Waals surface area contributed by atoms with Gasteiger partial charge in [-0.15, -0.1) is 0 Å². The Morgan fingerprint density at radius 1 is 0.350 bits per heavy atom. The van der Waals surface area contributed by atoms with Crippen LogP contribution < -0.4 is 0 Å². The second-order valence-electron chi connectivity index (χ2n) is 16.3. The molecule has 0 saturated carbocycles. The average Bonchev–Trinajstić information content (AvgIpc) is 3.24. The van der Waals surface area contributed by atoms with E-state index in [1.807, 2.05) is 0 Å². The number of esters is 3. The number of hydrogen-bond acceptors (Lipinski definition) is 6. The fourth-order valence-electron chi connectivity index (χ4n) is 6.70. The summed E-state index contributed by atoms with van der Waals surface area (Å²) in [5, 5.41) is 0. The monoisotopic (exact) mass is 837 g/mol. The summed E-state index contributed by atoms with van der Waals surface area (Å²) in [5.41, 5.74) is 0. The molecule has 0 fully saturated rings. The van der Waals surface area contributed by atoms with Gasteiger partial charge in [0.1, 0.15) is 13.2 Å². The first-order valence-corrected chi connectivity index (χ1v) is 24.9. The molecule has 0 spiro atoms. The minimum absolute atomic E-state index is 0.0882. The Kier molecular flexibility index (Phi) is 46.0. The number of carbonyl (C=O) groups is 3. The lowest BCUT2D eigenvalue weighted by Crippen LogP contribution is -2.30. The average molecular weight is 837 g/mol. The first-order valence-electron chi connectivity index (χ1n) is 24.9. The Labute approximate surface area is 370 Å². The van der Waals surface area contributed by atoms with Crippen LogP contribution in [0.1, 0.15) is 233 Å². The highest BCUT2D eigenvalue weighted by Crippen LogP contribution is 2.14. The molecule has 0 aliphatic heterocycles. The molecule has 0 aliphatic rings. The quantitative estimate of drug-likeness (QED) is 0.0263. The van der Waals surface area contributed by atoms with E-state index in [2.05, 4.69) is 93.7 Å². The minimum atomic E-state index is -0.790. The summed E-state index contributed by atoms with van der Waals surface area (Å²) in [6, 6.07) is 0. The summed E-state index contributed by atoms with van der Waals surface area (Å²) in [4.78, 5) is 37.9. The van der Waals surface area contributed by atoms with Gasteiger partial charge in [0.15, 0.2) is 6.10 Å². The number of allylic oxidation sites excluding steroid dienone is 12. The zero-order chi connectivity index (χ0) is 43.7. The fraction of sp³-hybridized carbons (Fsp3) is 0.722. The molecule has 344 valence electrons. The van der Waals surface area contributed by atoms with Crippen LogP contribution in [0.5, 0.6) is 0 Å². The van der Waals surface area contributed by atoms with Gasteiger partial charge in [-0.05, 0) is 89.9 Å². The van der Waals surface area contributed by atoms with Gasteiger partial charge in [-0.2, -0.15) is 0 Å². The molecule has 1 unspecified atom stereocenters. The third-order valence-electron chi connectivity index (χ3n) is 10.4. The van der Waals surface area contributed by atoms with Crippen LogP contribution in [0, 0.1) is 0 Å². The molecule has 0 amide bonds. The smallest absolute Gasteiger partial charge is 0.306 e. The maximum Gasteiger partial charge on any atom is 0.306 e. The van der Waals surface area contributed by atoms with Crippen LogP contribution in [-0.4, -0.2) is 37.2 Å². The van der Waals surface area contributed by atoms with Gasteiger partial charge < -0.3 is 14.2 Å². The van der Waals surface area contributed by atoms with Crippen molar-refractivity contribution in [3.05, 3.63) is 72.9 Å². The van der Waals surface area contributed by atoms with Crippen molar-refractivity contribution in [1.82, 2.24) is 0 Å². The SMILES string of the molecule is CC/C=C\C/C=C\C/C=C\C/C=C\C/C=C\CCCCCC(=O)OCC(COC(=O)CCCCCCCCCCCCC)OC(=O)CCCCCCC/C=C\CCCCC. The van der Waals surface area contributed by atoms with E-state index in [4.69, 9.17) is 14.2 Å². The first-order chi connectivity index (χ1) is 29.5. The first kappa shape index (κ1) is 56.9. The number of unbranched alkanes of at least 4 members (excludes halogenated alkanes) is 21. The van der Waals surface area contributed by atoms with Crippen LogP contribution in [0.25, 0.3) is 0 Å². The van der Waals surface area contributed by atoms with Gasteiger partial charge in [0.2, 0.25) is 0 Å². The standard InChI is InChI=1S/C54H92O6/c1-4-7-10-13-16-19-22-24-25-26-27-28-29-30-33-35-38-41-44-47-53(56)59-50-51(49-58-52(55)46-43-40-37-34-31-21-18-15-12-9-6-3)60-54(57)48-45-42-39-36-32-23-20-17-14-11-8-5-2/h7,10,16-17,19-20,24-25,27-28,30,33,51H,4-6,8-9,11-15,18,21-23,26,29,31-32,34-50H2,1-3H3/b10-7-,19-16-,20-17-,25-24-,28-27-,33-30-. The van der Waals surface area contributed by atoms with E-state index in [1.54, 1.807) is 0 Å². The van der Waals surface area contributed by atoms with Crippen molar-refractivity contribution in [3.63, 3.8) is 0 Å². The summed E-state index contributed by atoms with van der Waals surface area (Å²) < 4.78 is 16.7. The number of rotatable bonds is 44. The van der Waals surface area contributed by atoms with Crippen molar-refractivity contribution in [1.29, 1.82) is 0 Å². The van der Waals surface area contributed by atoms with Gasteiger partial charge in [-0.3, -0.25) is 14.4 Å². The lowest BCUT2D eigenvalue weighted by molar-refractivity contribution is -0.167. The Morgan fingerprint density at radius 2 is 0.650 bits per heavy atom. The van der Waals surface area contributed by atoms with E-state index < -0.39 is 6.10 Å². The lowest BCUT2D eigenvalue weighted by atomic mass is 10.1. The molecule has 0 aromatic heterocycles. The topological polar surface area (TPSA) is 78.9 Å². The number of ether oxygens (including phenoxy) is 3. The maximum absolute atomic E-state index is 12.7. The Hall–Kier alpha value is -3.15. The van der Waals surface area contributed by atoms with Crippen molar-refractivity contribution >= 4 is 17.9 Å². The summed E-state index contributed by atoms with van der Waals surface area (Å²) in [7, 11) is 0. The molecular formula is C54H92O6. The van der Waals surface area contributed by atoms with Crippen LogP contribution in [0.2, 0.25) is 0 Å². The van der Waals surface area contributed by atoms with Crippen LogP contribution in [-0.2, 0) is 28.6 Å². The van der Waals surface area contributed by atoms with Crippen molar-refractivity contribution in [2.75, 3.05) is 13.2 Å². The largest absolute Gasteiger partial charge is 0.462 e. The molecule has 6 nitrogen and oxygen atoms in total. The molecule has 0 aromatic carbocycles. The Balaban J connectivity index is 4.42. The summed E-state index contributed by atoms with van der Waals surface area (Å²) in [6.07, 6.45) is 60.2. The molecule has 60 heavy (non-hydrogen) atoms. The normalized spacial score (nSPS) is 12.7. The molecule has 0 rings (SSSR count). The highest BCUT2D eigenvalue weighted by molar-refractivity contribution is 5.71. The van der Waals surface area contributed by atoms with Gasteiger partial charge in [-0.25, -0.2) is 0 Å². The zero-order valence-corrected chi connectivity index (χ0v) is 39.2. The molecule has 0 saturated heterocycles. The van der Waals surface area contributed by atoms with E-state index in [9.17, 15) is 14.4 Å². The van der Waals surface area contributed by atoms with Gasteiger partial charge in [-0.1, -0.05) is 196 Å². The third kappa shape index (κ3) is 45.9. The molecular weight excluding hydrogens is 745 g/mol. The van der Waals surface area contributed by atoms with Gasteiger partial charge >= 0.3 is 17.9 Å². The van der Waals surface area contributed by atoms with Crippen LogP contribution >= 0.6 is 0 Å². The van der Waals surface area contributed by atoms with Crippen LogP contribution in [0.3, 0.4) is 0 Å². The molecule has 0 N–H and O–H groups in total. The second kappa shape index (κ2) is 48.5. The van der Waals surface area contributed by atoms with Crippen LogP contribution in [0.4, 0.5) is 0 Å². The van der Waals surface area contributed by atoms with Crippen molar-refractivity contribution in [2.45, 2.75) is 239 Å². The minimum Gasteiger partial charge on any atom is -0.462 e. The molecule has 0 bridgehead atoms. The highest BCUT2D eigenvalue weighted by atomic mass is 16.6. The molecule has 6 heteroatoms. The molecule has 0 radical (unpaired) electrons. The second-order valence-corrected chi connectivity index (χ2v) is 16.3. The highest BCUT2D eigenvalue weighted by Gasteiger charge is 2.19. The zero-order valence-electron chi connectivity index (χ0n) is 39.2. The predicted molar refractivity (Wildman–Crippen MR) is 256 cm³/mol. The Morgan fingerprint density at radius 3 is 1.08 bits per heavy atom. The van der Waals surface area contributed by atoms with E-state index in [1.165, 1.54) is 83.5 Å². The van der Waals surface area contributed by atoms with Crippen molar-refractivity contribution < 1.29 is 28.6 Å². The van der Waals surface area contributed by atoms with Gasteiger partial charge in [0.25, 0.3) is 0 Å². The molecule has 0 aliphatic carbocycles. The van der Waals surface area contributed by atoms with E-state index in [0.717, 1.165) is 109 Å². The fourth-order valence-corrected chi connectivity index (χ4v) is 6.70. The van der Waals surface area contributed by atoms with E-state index >= 15 is 0 Å². The Bertz CT molecular complexity index is 1140. The van der Waals surface area contributed by atoms with Gasteiger partial charge in [0, 0.05) is 19.3 Å². The summed E-state index contributed by atoms with van der Waals surface area (Å²) in [6.45, 7) is 6.45. The van der Waals surface area contributed by atoms with Crippen molar-refractivity contribution in [3.8, 4) is 0 Å².